The van der Waals surface area contributed by atoms with Crippen LogP contribution in [0.4, 0.5) is 5.69 Å². The van der Waals surface area contributed by atoms with Gasteiger partial charge in [0, 0.05) is 17.6 Å². The number of hydrogen-bond donors (Lipinski definition) is 0. The van der Waals surface area contributed by atoms with Crippen LogP contribution < -0.4 is 4.74 Å². The van der Waals surface area contributed by atoms with Gasteiger partial charge in [0.25, 0.3) is 0 Å². The minimum absolute atomic E-state index is 0.0511. The molecule has 106 valence electrons. The quantitative estimate of drug-likeness (QED) is 0.599. The van der Waals surface area contributed by atoms with Gasteiger partial charge in [-0.15, -0.1) is 5.10 Å². The minimum atomic E-state index is -0.545. The highest BCUT2D eigenvalue weighted by molar-refractivity contribution is 6.30. The maximum absolute atomic E-state index is 10.9. The van der Waals surface area contributed by atoms with Crippen LogP contribution in [0.3, 0.4) is 0 Å². The van der Waals surface area contributed by atoms with Crippen LogP contribution in [0.25, 0.3) is 0 Å². The van der Waals surface area contributed by atoms with Crippen LogP contribution in [0.15, 0.2) is 18.2 Å². The molecule has 1 heterocycles. The van der Waals surface area contributed by atoms with Gasteiger partial charge in [-0.25, -0.2) is 4.68 Å². The van der Waals surface area contributed by atoms with E-state index in [-0.39, 0.29) is 23.1 Å². The first-order chi connectivity index (χ1) is 9.61. The van der Waals surface area contributed by atoms with Crippen molar-refractivity contribution in [3.63, 3.8) is 0 Å². The second-order valence-electron chi connectivity index (χ2n) is 3.98. The van der Waals surface area contributed by atoms with Crippen molar-refractivity contribution in [3.8, 4) is 5.75 Å². The molecule has 8 nitrogen and oxygen atoms in total. The third-order valence-corrected chi connectivity index (χ3v) is 2.75. The first-order valence-electron chi connectivity index (χ1n) is 5.93. The third kappa shape index (κ3) is 3.21. The van der Waals surface area contributed by atoms with Gasteiger partial charge in [-0.2, -0.15) is 0 Å². The first-order valence-corrected chi connectivity index (χ1v) is 6.31. The number of benzene rings is 1. The summed E-state index contributed by atoms with van der Waals surface area (Å²) in [6.07, 6.45) is 0.874. The molecule has 0 unspecified atom stereocenters. The predicted octanol–water partition coefficient (Wildman–Crippen LogP) is 2.22. The molecule has 2 aromatic rings. The molecule has 0 spiro atoms. The maximum atomic E-state index is 10.9. The summed E-state index contributed by atoms with van der Waals surface area (Å²) in [5, 5.41) is 22.4. The summed E-state index contributed by atoms with van der Waals surface area (Å²) in [7, 11) is 0. The lowest BCUT2D eigenvalue weighted by Gasteiger charge is -2.07. The first kappa shape index (κ1) is 14.2. The van der Waals surface area contributed by atoms with Crippen LogP contribution in [0, 0.1) is 10.1 Å². The van der Waals surface area contributed by atoms with Gasteiger partial charge in [0.1, 0.15) is 6.61 Å². The zero-order chi connectivity index (χ0) is 14.5. The van der Waals surface area contributed by atoms with E-state index in [1.807, 2.05) is 6.92 Å². The smallest absolute Gasteiger partial charge is 0.312 e. The van der Waals surface area contributed by atoms with E-state index < -0.39 is 4.92 Å². The van der Waals surface area contributed by atoms with Gasteiger partial charge in [0.2, 0.25) is 0 Å². The van der Waals surface area contributed by atoms with Crippen LogP contribution >= 0.6 is 11.6 Å². The minimum Gasteiger partial charge on any atom is -0.479 e. The molecule has 0 aliphatic carbocycles. The number of nitro groups is 1. The van der Waals surface area contributed by atoms with Crippen LogP contribution in [0.1, 0.15) is 19.2 Å². The van der Waals surface area contributed by atoms with Gasteiger partial charge in [0.05, 0.1) is 4.92 Å². The van der Waals surface area contributed by atoms with E-state index in [0.717, 1.165) is 6.42 Å². The monoisotopic (exact) mass is 297 g/mol. The summed E-state index contributed by atoms with van der Waals surface area (Å²) in [6.45, 7) is 2.71. The van der Waals surface area contributed by atoms with Gasteiger partial charge in [-0.1, -0.05) is 18.5 Å². The number of aryl methyl sites for hydroxylation is 1. The second kappa shape index (κ2) is 6.29. The number of nitrogens with zero attached hydrogens (tertiary/aromatic N) is 5. The van der Waals surface area contributed by atoms with Crippen molar-refractivity contribution in [1.82, 2.24) is 20.2 Å². The lowest BCUT2D eigenvalue weighted by atomic mass is 10.3. The summed E-state index contributed by atoms with van der Waals surface area (Å²) in [6, 6.07) is 4.22. The Bertz CT molecular complexity index is 616. The third-order valence-electron chi connectivity index (χ3n) is 2.52. The molecule has 0 N–H and O–H groups in total. The van der Waals surface area contributed by atoms with Gasteiger partial charge < -0.3 is 4.74 Å². The van der Waals surface area contributed by atoms with Gasteiger partial charge in [0.15, 0.2) is 11.6 Å². The average molecular weight is 298 g/mol. The van der Waals surface area contributed by atoms with Gasteiger partial charge in [-0.05, 0) is 29.0 Å². The summed E-state index contributed by atoms with van der Waals surface area (Å²) in [5.74, 6) is 0.640. The summed E-state index contributed by atoms with van der Waals surface area (Å²) in [4.78, 5) is 10.4. The van der Waals surface area contributed by atoms with Crippen molar-refractivity contribution >= 4 is 17.3 Å². The Kier molecular flexibility index (Phi) is 4.46. The molecule has 0 aliphatic heterocycles. The SMILES string of the molecule is CCCn1nnnc1COc1ccc(Cl)cc1[N+](=O)[O-]. The van der Waals surface area contributed by atoms with Gasteiger partial charge in [-0.3, -0.25) is 10.1 Å². The summed E-state index contributed by atoms with van der Waals surface area (Å²) in [5.41, 5.74) is -0.188. The fraction of sp³-hybridized carbons (Fsp3) is 0.364. The van der Waals surface area contributed by atoms with E-state index >= 15 is 0 Å². The normalized spacial score (nSPS) is 10.5. The van der Waals surface area contributed by atoms with E-state index in [1.54, 1.807) is 4.68 Å². The van der Waals surface area contributed by atoms with Crippen LogP contribution in [0.5, 0.6) is 5.75 Å². The number of ether oxygens (including phenoxy) is 1. The van der Waals surface area contributed by atoms with E-state index in [2.05, 4.69) is 15.5 Å². The van der Waals surface area contributed by atoms with E-state index in [0.29, 0.717) is 12.4 Å². The lowest BCUT2D eigenvalue weighted by molar-refractivity contribution is -0.385. The van der Waals surface area contributed by atoms with E-state index in [4.69, 9.17) is 16.3 Å². The number of rotatable bonds is 6. The van der Waals surface area contributed by atoms with Crippen molar-refractivity contribution in [2.45, 2.75) is 26.5 Å². The van der Waals surface area contributed by atoms with Crippen molar-refractivity contribution in [3.05, 3.63) is 39.2 Å². The number of nitro benzene ring substituents is 1. The Morgan fingerprint density at radius 1 is 1.50 bits per heavy atom. The predicted molar refractivity (Wildman–Crippen MR) is 70.5 cm³/mol. The largest absolute Gasteiger partial charge is 0.479 e. The highest BCUT2D eigenvalue weighted by atomic mass is 35.5. The molecule has 1 aromatic heterocycles. The number of tetrazole rings is 1. The molecule has 1 aromatic carbocycles. The Labute approximate surface area is 119 Å². The number of hydrogen-bond acceptors (Lipinski definition) is 6. The maximum Gasteiger partial charge on any atom is 0.312 e. The van der Waals surface area contributed by atoms with Crippen LogP contribution in [-0.2, 0) is 13.2 Å². The average Bonchev–Trinajstić information content (AvgIpc) is 2.85. The van der Waals surface area contributed by atoms with Crippen molar-refractivity contribution in [1.29, 1.82) is 0 Å². The molecule has 0 saturated carbocycles. The Hall–Kier alpha value is -2.22. The molecule has 20 heavy (non-hydrogen) atoms. The second-order valence-corrected chi connectivity index (χ2v) is 4.41. The van der Waals surface area contributed by atoms with Crippen molar-refractivity contribution < 1.29 is 9.66 Å². The Morgan fingerprint density at radius 2 is 2.30 bits per heavy atom. The molecule has 0 bridgehead atoms. The molecule has 0 radical (unpaired) electrons. The van der Waals surface area contributed by atoms with Crippen LogP contribution in [0.2, 0.25) is 5.02 Å². The molecular weight excluding hydrogens is 286 g/mol. The lowest BCUT2D eigenvalue weighted by Crippen LogP contribution is -2.09. The van der Waals surface area contributed by atoms with Gasteiger partial charge >= 0.3 is 5.69 Å². The van der Waals surface area contributed by atoms with Crippen molar-refractivity contribution in [2.24, 2.45) is 0 Å². The molecule has 0 atom stereocenters. The fourth-order valence-corrected chi connectivity index (χ4v) is 1.78. The molecule has 0 fully saturated rings. The molecule has 0 amide bonds. The highest BCUT2D eigenvalue weighted by Gasteiger charge is 2.17. The fourth-order valence-electron chi connectivity index (χ4n) is 1.61. The van der Waals surface area contributed by atoms with Crippen molar-refractivity contribution in [2.75, 3.05) is 0 Å². The topological polar surface area (TPSA) is 96.0 Å². The Balaban J connectivity index is 2.14. The zero-order valence-electron chi connectivity index (χ0n) is 10.7. The summed E-state index contributed by atoms with van der Waals surface area (Å²) < 4.78 is 7.02. The molecule has 0 aliphatic rings. The number of halogens is 1. The standard InChI is InChI=1S/C11H12ClN5O3/c1-2-5-16-11(13-14-15-16)7-20-10-4-3-8(12)6-9(10)17(18)19/h3-4,6H,2,5,7H2,1H3. The van der Waals surface area contributed by atoms with Crippen LogP contribution in [-0.4, -0.2) is 25.1 Å². The zero-order valence-corrected chi connectivity index (χ0v) is 11.4. The molecule has 2 rings (SSSR count). The van der Waals surface area contributed by atoms with E-state index in [9.17, 15) is 10.1 Å². The number of aromatic nitrogens is 4. The highest BCUT2D eigenvalue weighted by Crippen LogP contribution is 2.30. The summed E-state index contributed by atoms with van der Waals surface area (Å²) >= 11 is 5.73. The Morgan fingerprint density at radius 3 is 3.00 bits per heavy atom. The molecular formula is C11H12ClN5O3. The molecule has 0 saturated heterocycles. The van der Waals surface area contributed by atoms with E-state index in [1.165, 1.54) is 18.2 Å². The molecule has 9 heteroatoms.